The fourth-order valence-electron chi connectivity index (χ4n) is 3.71. The van der Waals surface area contributed by atoms with Crippen molar-refractivity contribution in [3.8, 4) is 11.1 Å². The number of rotatable bonds is 7. The van der Waals surface area contributed by atoms with Crippen molar-refractivity contribution >= 4 is 17.0 Å². The molecule has 0 aliphatic rings. The van der Waals surface area contributed by atoms with Crippen molar-refractivity contribution in [3.63, 3.8) is 0 Å². The van der Waals surface area contributed by atoms with Crippen LogP contribution in [-0.4, -0.2) is 25.6 Å². The van der Waals surface area contributed by atoms with Crippen molar-refractivity contribution in [2.75, 3.05) is 0 Å². The molecule has 30 heavy (non-hydrogen) atoms. The van der Waals surface area contributed by atoms with Crippen molar-refractivity contribution in [2.45, 2.75) is 32.7 Å². The van der Waals surface area contributed by atoms with Crippen LogP contribution in [0.25, 0.3) is 22.2 Å². The van der Waals surface area contributed by atoms with E-state index in [9.17, 15) is 14.7 Å². The molecule has 0 saturated heterocycles. The molecule has 0 aliphatic carbocycles. The second kappa shape index (κ2) is 8.37. The van der Waals surface area contributed by atoms with Crippen LogP contribution >= 0.6 is 0 Å². The maximum absolute atomic E-state index is 12.2. The van der Waals surface area contributed by atoms with E-state index in [0.29, 0.717) is 17.6 Å². The Morgan fingerprint density at radius 2 is 1.87 bits per heavy atom. The molecule has 0 saturated carbocycles. The Hall–Kier alpha value is -3.67. The van der Waals surface area contributed by atoms with Gasteiger partial charge in [0.25, 0.3) is 5.56 Å². The summed E-state index contributed by atoms with van der Waals surface area (Å²) in [6.45, 7) is 2.73. The standard InChI is InChI=1S/C24H23N3O3/c1-2-3-8-21-26-22-20(13-14-25-23(22)28)27(21)15-16-9-11-17(12-10-16)18-6-4-5-7-19(18)24(29)30/h4-7,9-14H,2-3,8,15H2,1H3,(H,25,28)(H,29,30). The number of imidazole rings is 1. The van der Waals surface area contributed by atoms with E-state index < -0.39 is 5.97 Å². The molecule has 0 unspecified atom stereocenters. The van der Waals surface area contributed by atoms with E-state index in [-0.39, 0.29) is 11.1 Å². The molecule has 2 aromatic heterocycles. The SMILES string of the molecule is CCCCc1nc2c(=O)[nH]ccc2n1Cc1ccc(-c2ccccc2C(=O)O)cc1. The Kier molecular flexibility index (Phi) is 5.48. The predicted molar refractivity (Wildman–Crippen MR) is 117 cm³/mol. The summed E-state index contributed by atoms with van der Waals surface area (Å²) in [5.74, 6) is -0.0331. The fourth-order valence-corrected chi connectivity index (χ4v) is 3.71. The van der Waals surface area contributed by atoms with E-state index in [1.807, 2.05) is 42.5 Å². The summed E-state index contributed by atoms with van der Waals surface area (Å²) < 4.78 is 2.10. The third-order valence-corrected chi connectivity index (χ3v) is 5.27. The number of aromatic carboxylic acids is 1. The molecule has 0 atom stereocenters. The number of nitrogens with one attached hydrogen (secondary N) is 1. The number of carbonyl (C=O) groups is 1. The first-order valence-electron chi connectivity index (χ1n) is 10.1. The second-order valence-electron chi connectivity index (χ2n) is 7.31. The Morgan fingerprint density at radius 1 is 1.10 bits per heavy atom. The van der Waals surface area contributed by atoms with Gasteiger partial charge >= 0.3 is 5.97 Å². The number of carboxylic acid groups (broad SMARTS) is 1. The molecule has 0 amide bonds. The average Bonchev–Trinajstić information content (AvgIpc) is 3.11. The molecule has 0 aliphatic heterocycles. The number of H-pyrrole nitrogens is 1. The van der Waals surface area contributed by atoms with Gasteiger partial charge in [0, 0.05) is 19.2 Å². The van der Waals surface area contributed by atoms with Crippen molar-refractivity contribution in [2.24, 2.45) is 0 Å². The maximum Gasteiger partial charge on any atom is 0.336 e. The summed E-state index contributed by atoms with van der Waals surface area (Å²) in [4.78, 5) is 31.0. The Labute approximate surface area is 173 Å². The molecule has 0 bridgehead atoms. The number of carboxylic acids is 1. The number of fused-ring (bicyclic) bond motifs is 1. The summed E-state index contributed by atoms with van der Waals surface area (Å²) >= 11 is 0. The third-order valence-electron chi connectivity index (χ3n) is 5.27. The van der Waals surface area contributed by atoms with Gasteiger partial charge in [0.2, 0.25) is 0 Å². The summed E-state index contributed by atoms with van der Waals surface area (Å²) in [5, 5.41) is 9.44. The monoisotopic (exact) mass is 401 g/mol. The lowest BCUT2D eigenvalue weighted by Gasteiger charge is -2.11. The zero-order valence-electron chi connectivity index (χ0n) is 16.8. The molecular weight excluding hydrogens is 378 g/mol. The smallest absolute Gasteiger partial charge is 0.336 e. The maximum atomic E-state index is 12.2. The molecule has 2 N–H and O–H groups in total. The van der Waals surface area contributed by atoms with Gasteiger partial charge in [-0.3, -0.25) is 4.79 Å². The highest BCUT2D eigenvalue weighted by Gasteiger charge is 2.14. The van der Waals surface area contributed by atoms with Crippen molar-refractivity contribution in [1.29, 1.82) is 0 Å². The van der Waals surface area contributed by atoms with E-state index in [0.717, 1.165) is 41.7 Å². The van der Waals surface area contributed by atoms with Crippen LogP contribution in [0.2, 0.25) is 0 Å². The highest BCUT2D eigenvalue weighted by atomic mass is 16.4. The van der Waals surface area contributed by atoms with Gasteiger partial charge in [-0.25, -0.2) is 9.78 Å². The first kappa shape index (κ1) is 19.6. The zero-order chi connectivity index (χ0) is 21.1. The van der Waals surface area contributed by atoms with Crippen LogP contribution in [0.4, 0.5) is 0 Å². The van der Waals surface area contributed by atoms with Crippen molar-refractivity contribution < 1.29 is 9.90 Å². The zero-order valence-corrected chi connectivity index (χ0v) is 16.8. The number of unbranched alkanes of at least 4 members (excludes halogenated alkanes) is 1. The fraction of sp³-hybridized carbons (Fsp3) is 0.208. The second-order valence-corrected chi connectivity index (χ2v) is 7.31. The number of nitrogens with zero attached hydrogens (tertiary/aromatic N) is 2. The number of benzene rings is 2. The first-order valence-corrected chi connectivity index (χ1v) is 10.1. The van der Waals surface area contributed by atoms with Crippen LogP contribution in [0.3, 0.4) is 0 Å². The van der Waals surface area contributed by atoms with Gasteiger partial charge in [0.05, 0.1) is 11.1 Å². The summed E-state index contributed by atoms with van der Waals surface area (Å²) in [6, 6.07) is 16.8. The van der Waals surface area contributed by atoms with Gasteiger partial charge in [-0.05, 0) is 35.2 Å². The van der Waals surface area contributed by atoms with Gasteiger partial charge in [-0.1, -0.05) is 55.8 Å². The molecule has 4 aromatic rings. The summed E-state index contributed by atoms with van der Waals surface area (Å²) in [6.07, 6.45) is 4.52. The number of hydrogen-bond acceptors (Lipinski definition) is 3. The molecule has 0 radical (unpaired) electrons. The lowest BCUT2D eigenvalue weighted by atomic mass is 9.99. The largest absolute Gasteiger partial charge is 0.478 e. The number of hydrogen-bond donors (Lipinski definition) is 2. The van der Waals surface area contributed by atoms with E-state index in [2.05, 4.69) is 21.5 Å². The molecule has 152 valence electrons. The number of pyridine rings is 1. The Morgan fingerprint density at radius 3 is 2.60 bits per heavy atom. The molecule has 4 rings (SSSR count). The van der Waals surface area contributed by atoms with Gasteiger partial charge in [0.1, 0.15) is 5.82 Å². The van der Waals surface area contributed by atoms with Crippen LogP contribution in [0.1, 0.15) is 41.5 Å². The van der Waals surface area contributed by atoms with Gasteiger partial charge in [-0.2, -0.15) is 0 Å². The van der Waals surface area contributed by atoms with Gasteiger partial charge < -0.3 is 14.7 Å². The number of aryl methyl sites for hydroxylation is 1. The molecule has 6 heteroatoms. The van der Waals surface area contributed by atoms with Crippen LogP contribution in [0.15, 0.2) is 65.6 Å². The van der Waals surface area contributed by atoms with Crippen molar-refractivity contribution in [1.82, 2.24) is 14.5 Å². The normalized spacial score (nSPS) is 11.1. The van der Waals surface area contributed by atoms with Gasteiger partial charge in [0.15, 0.2) is 5.52 Å². The van der Waals surface area contributed by atoms with E-state index >= 15 is 0 Å². The van der Waals surface area contributed by atoms with Crippen LogP contribution in [-0.2, 0) is 13.0 Å². The minimum absolute atomic E-state index is 0.176. The van der Waals surface area contributed by atoms with E-state index in [1.165, 1.54) is 0 Å². The lowest BCUT2D eigenvalue weighted by molar-refractivity contribution is 0.0697. The molecule has 0 spiro atoms. The van der Waals surface area contributed by atoms with Crippen LogP contribution in [0.5, 0.6) is 0 Å². The molecule has 6 nitrogen and oxygen atoms in total. The van der Waals surface area contributed by atoms with E-state index in [1.54, 1.807) is 18.3 Å². The Balaban J connectivity index is 1.69. The van der Waals surface area contributed by atoms with Crippen LogP contribution < -0.4 is 5.56 Å². The topological polar surface area (TPSA) is 88.0 Å². The van der Waals surface area contributed by atoms with Crippen LogP contribution in [0, 0.1) is 0 Å². The Bertz CT molecular complexity index is 1250. The first-order chi connectivity index (χ1) is 14.6. The summed E-state index contributed by atoms with van der Waals surface area (Å²) in [5.41, 5.74) is 4.01. The van der Waals surface area contributed by atoms with Crippen molar-refractivity contribution in [3.05, 3.63) is 88.1 Å². The molecule has 2 heterocycles. The number of aromatic amines is 1. The minimum atomic E-state index is -0.939. The molecule has 2 aromatic carbocycles. The number of aromatic nitrogens is 3. The quantitative estimate of drug-likeness (QED) is 0.478. The molecule has 0 fully saturated rings. The highest BCUT2D eigenvalue weighted by Crippen LogP contribution is 2.25. The minimum Gasteiger partial charge on any atom is -0.478 e. The lowest BCUT2D eigenvalue weighted by Crippen LogP contribution is -2.07. The summed E-state index contributed by atoms with van der Waals surface area (Å²) in [7, 11) is 0. The predicted octanol–water partition coefficient (Wildman–Crippen LogP) is 4.48. The van der Waals surface area contributed by atoms with E-state index in [4.69, 9.17) is 0 Å². The average molecular weight is 401 g/mol. The third kappa shape index (κ3) is 3.76. The highest BCUT2D eigenvalue weighted by molar-refractivity contribution is 5.96. The van der Waals surface area contributed by atoms with Gasteiger partial charge in [-0.15, -0.1) is 0 Å². The molecular formula is C24H23N3O3.